The zero-order valence-corrected chi connectivity index (χ0v) is 12.3. The highest BCUT2D eigenvalue weighted by molar-refractivity contribution is 5.97. The average Bonchev–Trinajstić information content (AvgIpc) is 2.49. The standard InChI is InChI=1S/C14H18F3N3O2/c1-9(18-2)7-19-12(21)8-20-13(22)10-5-3-4-6-11(10)14(15,16)17/h3-6,9,18H,7-8H2,1-2H3,(H,19,21)(H,20,22). The van der Waals surface area contributed by atoms with Gasteiger partial charge in [-0.2, -0.15) is 13.2 Å². The number of likely N-dealkylation sites (N-methyl/N-ethyl adjacent to an activating group) is 1. The number of carbonyl (C=O) groups is 2. The summed E-state index contributed by atoms with van der Waals surface area (Å²) in [5, 5.41) is 7.64. The van der Waals surface area contributed by atoms with E-state index in [1.807, 2.05) is 6.92 Å². The third-order valence-electron chi connectivity index (χ3n) is 2.98. The van der Waals surface area contributed by atoms with Gasteiger partial charge in [-0.1, -0.05) is 12.1 Å². The van der Waals surface area contributed by atoms with E-state index in [0.29, 0.717) is 6.54 Å². The molecule has 0 saturated heterocycles. The molecule has 22 heavy (non-hydrogen) atoms. The normalized spacial score (nSPS) is 12.6. The van der Waals surface area contributed by atoms with Gasteiger partial charge in [0.25, 0.3) is 5.91 Å². The minimum atomic E-state index is -4.63. The molecule has 1 aromatic rings. The molecular formula is C14H18F3N3O2. The lowest BCUT2D eigenvalue weighted by molar-refractivity contribution is -0.137. The smallest absolute Gasteiger partial charge is 0.353 e. The Morgan fingerprint density at radius 3 is 2.41 bits per heavy atom. The van der Waals surface area contributed by atoms with Crippen molar-refractivity contribution in [3.05, 3.63) is 35.4 Å². The number of benzene rings is 1. The SMILES string of the molecule is CNC(C)CNC(=O)CNC(=O)c1ccccc1C(F)(F)F. The van der Waals surface area contributed by atoms with Gasteiger partial charge in [0.15, 0.2) is 0 Å². The van der Waals surface area contributed by atoms with Crippen LogP contribution in [0.25, 0.3) is 0 Å². The summed E-state index contributed by atoms with van der Waals surface area (Å²) in [6, 6.07) is 4.47. The van der Waals surface area contributed by atoms with Crippen LogP contribution in [0.15, 0.2) is 24.3 Å². The second-order valence-electron chi connectivity index (χ2n) is 4.72. The van der Waals surface area contributed by atoms with Gasteiger partial charge in [0.1, 0.15) is 0 Å². The summed E-state index contributed by atoms with van der Waals surface area (Å²) in [6.45, 7) is 1.81. The molecule has 0 aliphatic heterocycles. The predicted molar refractivity (Wildman–Crippen MR) is 75.3 cm³/mol. The van der Waals surface area contributed by atoms with Crippen molar-refractivity contribution < 1.29 is 22.8 Å². The van der Waals surface area contributed by atoms with Crippen molar-refractivity contribution in [3.63, 3.8) is 0 Å². The summed E-state index contributed by atoms with van der Waals surface area (Å²) in [4.78, 5) is 23.3. The second-order valence-corrected chi connectivity index (χ2v) is 4.72. The number of amides is 2. The van der Waals surface area contributed by atoms with Gasteiger partial charge in [-0.25, -0.2) is 0 Å². The second kappa shape index (κ2) is 7.79. The number of nitrogens with one attached hydrogen (secondary N) is 3. The van der Waals surface area contributed by atoms with Crippen LogP contribution < -0.4 is 16.0 Å². The van der Waals surface area contributed by atoms with Crippen LogP contribution >= 0.6 is 0 Å². The topological polar surface area (TPSA) is 70.2 Å². The molecule has 1 aromatic carbocycles. The summed E-state index contributed by atoms with van der Waals surface area (Å²) in [6.07, 6.45) is -4.63. The van der Waals surface area contributed by atoms with Crippen LogP contribution in [0.3, 0.4) is 0 Å². The largest absolute Gasteiger partial charge is 0.417 e. The molecule has 0 aliphatic rings. The van der Waals surface area contributed by atoms with E-state index in [-0.39, 0.29) is 12.6 Å². The molecule has 1 atom stereocenters. The molecular weight excluding hydrogens is 299 g/mol. The van der Waals surface area contributed by atoms with E-state index in [1.165, 1.54) is 12.1 Å². The van der Waals surface area contributed by atoms with Gasteiger partial charge >= 0.3 is 6.18 Å². The highest BCUT2D eigenvalue weighted by Crippen LogP contribution is 2.31. The summed E-state index contributed by atoms with van der Waals surface area (Å²) in [5.41, 5.74) is -1.54. The third kappa shape index (κ3) is 5.36. The number of hydrogen-bond acceptors (Lipinski definition) is 3. The number of alkyl halides is 3. The number of hydrogen-bond donors (Lipinski definition) is 3. The first-order valence-corrected chi connectivity index (χ1v) is 6.64. The first kappa shape index (κ1) is 18.0. The Labute approximate surface area is 126 Å². The zero-order valence-electron chi connectivity index (χ0n) is 12.3. The summed E-state index contributed by atoms with van der Waals surface area (Å²) >= 11 is 0. The zero-order chi connectivity index (χ0) is 16.8. The molecule has 0 saturated carbocycles. The highest BCUT2D eigenvalue weighted by atomic mass is 19.4. The molecule has 2 amide bonds. The maximum absolute atomic E-state index is 12.8. The maximum Gasteiger partial charge on any atom is 0.417 e. The van der Waals surface area contributed by atoms with Crippen LogP contribution in [-0.2, 0) is 11.0 Å². The Balaban J connectivity index is 2.62. The molecule has 8 heteroatoms. The Hall–Kier alpha value is -2.09. The molecule has 3 N–H and O–H groups in total. The predicted octanol–water partition coefficient (Wildman–Crippen LogP) is 1.16. The molecule has 5 nitrogen and oxygen atoms in total. The Morgan fingerprint density at radius 1 is 1.18 bits per heavy atom. The van der Waals surface area contributed by atoms with E-state index < -0.39 is 29.1 Å². The van der Waals surface area contributed by atoms with Gasteiger partial charge in [-0.05, 0) is 26.1 Å². The van der Waals surface area contributed by atoms with Crippen molar-refractivity contribution in [1.29, 1.82) is 0 Å². The lowest BCUT2D eigenvalue weighted by atomic mass is 10.1. The summed E-state index contributed by atoms with van der Waals surface area (Å²) in [7, 11) is 1.73. The van der Waals surface area contributed by atoms with Crippen molar-refractivity contribution in [1.82, 2.24) is 16.0 Å². The van der Waals surface area contributed by atoms with E-state index in [9.17, 15) is 22.8 Å². The Kier molecular flexibility index (Phi) is 6.36. The van der Waals surface area contributed by atoms with Gasteiger partial charge in [0.2, 0.25) is 5.91 Å². The number of rotatable bonds is 6. The van der Waals surface area contributed by atoms with Crippen molar-refractivity contribution in [2.24, 2.45) is 0 Å². The molecule has 0 spiro atoms. The van der Waals surface area contributed by atoms with Crippen LogP contribution in [0.4, 0.5) is 13.2 Å². The van der Waals surface area contributed by atoms with Gasteiger partial charge in [0, 0.05) is 12.6 Å². The van der Waals surface area contributed by atoms with Gasteiger partial charge < -0.3 is 16.0 Å². The minimum absolute atomic E-state index is 0.0469. The van der Waals surface area contributed by atoms with Crippen molar-refractivity contribution in [3.8, 4) is 0 Å². The molecule has 0 aromatic heterocycles. The van der Waals surface area contributed by atoms with E-state index in [2.05, 4.69) is 16.0 Å². The molecule has 1 rings (SSSR count). The van der Waals surface area contributed by atoms with Gasteiger partial charge in [-0.3, -0.25) is 9.59 Å². The monoisotopic (exact) mass is 317 g/mol. The quantitative estimate of drug-likeness (QED) is 0.737. The molecule has 0 radical (unpaired) electrons. The fourth-order valence-electron chi connectivity index (χ4n) is 1.62. The van der Waals surface area contributed by atoms with Gasteiger partial charge in [0.05, 0.1) is 17.7 Å². The summed E-state index contributed by atoms with van der Waals surface area (Å²) < 4.78 is 38.4. The van der Waals surface area contributed by atoms with Crippen molar-refractivity contribution in [2.75, 3.05) is 20.1 Å². The molecule has 0 aliphatic carbocycles. The molecule has 1 unspecified atom stereocenters. The van der Waals surface area contributed by atoms with E-state index in [0.717, 1.165) is 12.1 Å². The average molecular weight is 317 g/mol. The third-order valence-corrected chi connectivity index (χ3v) is 2.98. The maximum atomic E-state index is 12.8. The first-order valence-electron chi connectivity index (χ1n) is 6.64. The Bertz CT molecular complexity index is 532. The molecule has 0 fully saturated rings. The van der Waals surface area contributed by atoms with Crippen LogP contribution in [0.5, 0.6) is 0 Å². The lowest BCUT2D eigenvalue weighted by Crippen LogP contribution is -2.42. The molecule has 0 heterocycles. The van der Waals surface area contributed by atoms with Crippen LogP contribution in [0.2, 0.25) is 0 Å². The van der Waals surface area contributed by atoms with Crippen molar-refractivity contribution in [2.45, 2.75) is 19.1 Å². The number of halogens is 3. The lowest BCUT2D eigenvalue weighted by Gasteiger charge is -2.13. The van der Waals surface area contributed by atoms with Crippen LogP contribution in [-0.4, -0.2) is 38.0 Å². The van der Waals surface area contributed by atoms with Crippen molar-refractivity contribution >= 4 is 11.8 Å². The fraction of sp³-hybridized carbons (Fsp3) is 0.429. The van der Waals surface area contributed by atoms with E-state index in [4.69, 9.17) is 0 Å². The van der Waals surface area contributed by atoms with Crippen LogP contribution in [0.1, 0.15) is 22.8 Å². The first-order chi connectivity index (χ1) is 10.3. The minimum Gasteiger partial charge on any atom is -0.353 e. The fourth-order valence-corrected chi connectivity index (χ4v) is 1.62. The van der Waals surface area contributed by atoms with E-state index in [1.54, 1.807) is 7.05 Å². The van der Waals surface area contributed by atoms with E-state index >= 15 is 0 Å². The van der Waals surface area contributed by atoms with Gasteiger partial charge in [-0.15, -0.1) is 0 Å². The summed E-state index contributed by atoms with van der Waals surface area (Å²) in [5.74, 6) is -1.41. The highest BCUT2D eigenvalue weighted by Gasteiger charge is 2.34. The molecule has 122 valence electrons. The number of carbonyl (C=O) groups excluding carboxylic acids is 2. The Morgan fingerprint density at radius 2 is 1.82 bits per heavy atom. The van der Waals surface area contributed by atoms with Crippen LogP contribution in [0, 0.1) is 0 Å². The molecule has 0 bridgehead atoms.